The molecule has 1 aliphatic rings. The molecule has 2 unspecified atom stereocenters. The smallest absolute Gasteiger partial charge is 0.319 e. The van der Waals surface area contributed by atoms with Crippen LogP contribution >= 0.6 is 11.6 Å². The van der Waals surface area contributed by atoms with Crippen LogP contribution in [0.1, 0.15) is 19.8 Å². The Morgan fingerprint density at radius 2 is 1.77 bits per heavy atom. The van der Waals surface area contributed by atoms with Gasteiger partial charge in [0.05, 0.1) is 11.0 Å². The summed E-state index contributed by atoms with van der Waals surface area (Å²) < 4.78 is 24.0. The van der Waals surface area contributed by atoms with Gasteiger partial charge >= 0.3 is 6.03 Å². The molecule has 2 aromatic rings. The molecular formula is C19H21ClN2O3S. The molecule has 5 nitrogen and oxygen atoms in total. The van der Waals surface area contributed by atoms with Gasteiger partial charge in [-0.15, -0.1) is 0 Å². The van der Waals surface area contributed by atoms with E-state index in [4.69, 9.17) is 11.6 Å². The first kappa shape index (κ1) is 18.7. The lowest BCUT2D eigenvalue weighted by Gasteiger charge is -2.27. The molecule has 2 atom stereocenters. The summed E-state index contributed by atoms with van der Waals surface area (Å²) in [5.74, 6) is -0.00978. The molecule has 1 fully saturated rings. The largest absolute Gasteiger partial charge is 0.334 e. The fourth-order valence-electron chi connectivity index (χ4n) is 3.05. The van der Waals surface area contributed by atoms with Gasteiger partial charge in [-0.3, -0.25) is 0 Å². The van der Waals surface area contributed by atoms with Crippen molar-refractivity contribution in [2.45, 2.75) is 31.1 Å². The molecule has 0 radical (unpaired) electrons. The number of carbonyl (C=O) groups is 1. The quantitative estimate of drug-likeness (QED) is 0.825. The number of urea groups is 1. The number of sulfone groups is 1. The second-order valence-corrected chi connectivity index (χ2v) is 9.50. The first-order chi connectivity index (χ1) is 12.3. The van der Waals surface area contributed by atoms with Gasteiger partial charge in [0, 0.05) is 16.8 Å². The van der Waals surface area contributed by atoms with E-state index >= 15 is 0 Å². The van der Waals surface area contributed by atoms with Gasteiger partial charge in [0.25, 0.3) is 0 Å². The lowest BCUT2D eigenvalue weighted by atomic mass is 10.1. The molecule has 2 N–H and O–H groups in total. The average molecular weight is 393 g/mol. The van der Waals surface area contributed by atoms with E-state index in [1.807, 2.05) is 36.4 Å². The summed E-state index contributed by atoms with van der Waals surface area (Å²) in [6.45, 7) is 1.72. The Morgan fingerprint density at radius 3 is 2.46 bits per heavy atom. The summed E-state index contributed by atoms with van der Waals surface area (Å²) >= 11 is 6.03. The summed E-state index contributed by atoms with van der Waals surface area (Å²) in [5, 5.41) is 5.85. The second kappa shape index (κ2) is 7.68. The third-order valence-corrected chi connectivity index (χ3v) is 7.15. The van der Waals surface area contributed by atoms with Gasteiger partial charge in [0.2, 0.25) is 0 Å². The van der Waals surface area contributed by atoms with Gasteiger partial charge < -0.3 is 10.6 Å². The maximum atomic E-state index is 12.2. The molecule has 3 rings (SSSR count). The van der Waals surface area contributed by atoms with Crippen LogP contribution in [0.2, 0.25) is 5.02 Å². The number of halogens is 1. The number of amides is 2. The van der Waals surface area contributed by atoms with E-state index < -0.39 is 15.9 Å². The zero-order valence-electron chi connectivity index (χ0n) is 14.4. The minimum atomic E-state index is -3.13. The monoisotopic (exact) mass is 392 g/mol. The van der Waals surface area contributed by atoms with Crippen LogP contribution in [-0.2, 0) is 9.84 Å². The third-order valence-electron chi connectivity index (χ3n) is 4.58. The van der Waals surface area contributed by atoms with Gasteiger partial charge in [-0.25, -0.2) is 13.2 Å². The van der Waals surface area contributed by atoms with E-state index in [1.165, 1.54) is 0 Å². The van der Waals surface area contributed by atoms with Crippen LogP contribution in [0.3, 0.4) is 0 Å². The normalized spacial score (nSPS) is 21.8. The summed E-state index contributed by atoms with van der Waals surface area (Å²) in [4.78, 5) is 12.2. The summed E-state index contributed by atoms with van der Waals surface area (Å²) in [6, 6.07) is 14.1. The Labute approximate surface area is 158 Å². The molecule has 1 heterocycles. The van der Waals surface area contributed by atoms with Crippen molar-refractivity contribution in [3.8, 4) is 11.1 Å². The maximum absolute atomic E-state index is 12.2. The first-order valence-electron chi connectivity index (χ1n) is 8.48. The Hall–Kier alpha value is -2.05. The molecule has 1 saturated heterocycles. The lowest BCUT2D eigenvalue weighted by Crippen LogP contribution is -2.46. The Kier molecular flexibility index (Phi) is 5.53. The zero-order chi connectivity index (χ0) is 18.7. The van der Waals surface area contributed by atoms with E-state index in [9.17, 15) is 13.2 Å². The van der Waals surface area contributed by atoms with Gasteiger partial charge in [0.15, 0.2) is 9.84 Å². The van der Waals surface area contributed by atoms with Crippen molar-refractivity contribution in [3.05, 3.63) is 53.6 Å². The van der Waals surface area contributed by atoms with Crippen molar-refractivity contribution in [3.63, 3.8) is 0 Å². The van der Waals surface area contributed by atoms with E-state index in [1.54, 1.807) is 19.1 Å². The standard InChI is InChI=1S/C19H21ClN2O3S/c1-13-8-9-18(12-26(13,24)25)22-19(23)21-17-7-3-5-15(11-17)14-4-2-6-16(20)10-14/h2-7,10-11,13,18H,8-9,12H2,1H3,(H2,21,22,23). The Morgan fingerprint density at radius 1 is 1.08 bits per heavy atom. The van der Waals surface area contributed by atoms with Gasteiger partial charge in [0.1, 0.15) is 0 Å². The number of anilines is 1. The SMILES string of the molecule is CC1CCC(NC(=O)Nc2cccc(-c3cccc(Cl)c3)c2)CS1(=O)=O. The molecule has 0 aliphatic carbocycles. The van der Waals surface area contributed by atoms with Crippen LogP contribution in [0.4, 0.5) is 10.5 Å². The predicted molar refractivity (Wildman–Crippen MR) is 105 cm³/mol. The van der Waals surface area contributed by atoms with Crippen molar-refractivity contribution in [2.75, 3.05) is 11.1 Å². The highest BCUT2D eigenvalue weighted by molar-refractivity contribution is 7.92. The van der Waals surface area contributed by atoms with Crippen molar-refractivity contribution in [1.29, 1.82) is 0 Å². The molecule has 7 heteroatoms. The van der Waals surface area contributed by atoms with E-state index in [0.717, 1.165) is 11.1 Å². The van der Waals surface area contributed by atoms with Crippen molar-refractivity contribution >= 4 is 33.2 Å². The molecule has 0 bridgehead atoms. The second-order valence-electron chi connectivity index (χ2n) is 6.60. The number of hydrogen-bond donors (Lipinski definition) is 2. The highest BCUT2D eigenvalue weighted by Gasteiger charge is 2.31. The van der Waals surface area contributed by atoms with Gasteiger partial charge in [-0.1, -0.05) is 35.9 Å². The van der Waals surface area contributed by atoms with Crippen LogP contribution in [0.5, 0.6) is 0 Å². The van der Waals surface area contributed by atoms with Crippen LogP contribution in [-0.4, -0.2) is 31.5 Å². The molecule has 0 saturated carbocycles. The first-order valence-corrected chi connectivity index (χ1v) is 10.6. The van der Waals surface area contributed by atoms with Crippen molar-refractivity contribution in [2.24, 2.45) is 0 Å². The van der Waals surface area contributed by atoms with Crippen molar-refractivity contribution < 1.29 is 13.2 Å². The molecule has 0 aromatic heterocycles. The number of carbonyl (C=O) groups excluding carboxylic acids is 1. The fourth-order valence-corrected chi connectivity index (χ4v) is 4.88. The summed E-state index contributed by atoms with van der Waals surface area (Å²) in [5.41, 5.74) is 2.51. The average Bonchev–Trinajstić information content (AvgIpc) is 2.58. The summed E-state index contributed by atoms with van der Waals surface area (Å²) in [7, 11) is -3.13. The summed E-state index contributed by atoms with van der Waals surface area (Å²) in [6.07, 6.45) is 1.23. The number of benzene rings is 2. The van der Waals surface area contributed by atoms with Crippen LogP contribution in [0.15, 0.2) is 48.5 Å². The lowest BCUT2D eigenvalue weighted by molar-refractivity contribution is 0.248. The van der Waals surface area contributed by atoms with Crippen molar-refractivity contribution in [1.82, 2.24) is 5.32 Å². The predicted octanol–water partition coefficient (Wildman–Crippen LogP) is 4.09. The molecule has 2 amide bonds. The van der Waals surface area contributed by atoms with Gasteiger partial charge in [-0.05, 0) is 55.2 Å². The minimum Gasteiger partial charge on any atom is -0.334 e. The number of hydrogen-bond acceptors (Lipinski definition) is 3. The zero-order valence-corrected chi connectivity index (χ0v) is 16.0. The Balaban J connectivity index is 1.66. The maximum Gasteiger partial charge on any atom is 0.319 e. The van der Waals surface area contributed by atoms with Crippen LogP contribution < -0.4 is 10.6 Å². The molecule has 2 aromatic carbocycles. The third kappa shape index (κ3) is 4.56. The fraction of sp³-hybridized carbons (Fsp3) is 0.316. The topological polar surface area (TPSA) is 75.3 Å². The van der Waals surface area contributed by atoms with Crippen LogP contribution in [0, 0.1) is 0 Å². The van der Waals surface area contributed by atoms with E-state index in [2.05, 4.69) is 10.6 Å². The molecule has 26 heavy (non-hydrogen) atoms. The molecule has 138 valence electrons. The highest BCUT2D eigenvalue weighted by atomic mass is 35.5. The van der Waals surface area contributed by atoms with E-state index in [0.29, 0.717) is 23.6 Å². The van der Waals surface area contributed by atoms with E-state index in [-0.39, 0.29) is 17.0 Å². The minimum absolute atomic E-state index is 0.00978. The number of nitrogens with one attached hydrogen (secondary N) is 2. The Bertz CT molecular complexity index is 915. The van der Waals surface area contributed by atoms with Crippen LogP contribution in [0.25, 0.3) is 11.1 Å². The molecular weight excluding hydrogens is 372 g/mol. The number of rotatable bonds is 3. The highest BCUT2D eigenvalue weighted by Crippen LogP contribution is 2.25. The van der Waals surface area contributed by atoms with Gasteiger partial charge in [-0.2, -0.15) is 0 Å². The molecule has 0 spiro atoms. The molecule has 1 aliphatic heterocycles.